The van der Waals surface area contributed by atoms with Crippen molar-refractivity contribution in [1.82, 2.24) is 38.7 Å². The molecule has 0 bridgehead atoms. The zero-order valence-electron chi connectivity index (χ0n) is 24.1. The van der Waals surface area contributed by atoms with Crippen LogP contribution in [0.1, 0.15) is 16.7 Å². The van der Waals surface area contributed by atoms with Crippen LogP contribution in [0.5, 0.6) is 11.6 Å². The first-order valence-corrected chi connectivity index (χ1v) is 13.8. The Bertz CT molecular complexity index is 2230. The van der Waals surface area contributed by atoms with Crippen LogP contribution in [-0.2, 0) is 6.61 Å². The van der Waals surface area contributed by atoms with Crippen LogP contribution in [0.25, 0.3) is 22.7 Å². The van der Waals surface area contributed by atoms with Crippen LogP contribution in [-0.4, -0.2) is 45.8 Å². The van der Waals surface area contributed by atoms with Crippen molar-refractivity contribution in [3.05, 3.63) is 136 Å². The number of nitrogens with zero attached hydrogens (tertiary/aromatic N) is 9. The first-order chi connectivity index (χ1) is 22.4. The molecule has 0 amide bonds. The molecule has 14 heteroatoms. The molecule has 0 spiro atoms. The van der Waals surface area contributed by atoms with E-state index in [1.165, 1.54) is 18.6 Å². The summed E-state index contributed by atoms with van der Waals surface area (Å²) >= 11 is 5.70. The lowest BCUT2D eigenvalue weighted by atomic mass is 10.2. The van der Waals surface area contributed by atoms with Crippen LogP contribution in [0.3, 0.4) is 0 Å². The minimum Gasteiger partial charge on any atom is -0.497 e. The Morgan fingerprint density at radius 1 is 0.870 bits per heavy atom. The lowest BCUT2D eigenvalue weighted by molar-refractivity contribution is 0.292. The topological polar surface area (TPSA) is 172 Å². The third-order valence-corrected chi connectivity index (χ3v) is 6.39. The van der Waals surface area contributed by atoms with Crippen LogP contribution in [0, 0.1) is 22.7 Å². The van der Waals surface area contributed by atoms with E-state index in [1.54, 1.807) is 60.7 Å². The number of ether oxygens (including phenoxy) is 2. The number of aromatic nitrogens is 8. The van der Waals surface area contributed by atoms with Crippen molar-refractivity contribution in [3.63, 3.8) is 0 Å². The van der Waals surface area contributed by atoms with E-state index in [-0.39, 0.29) is 5.56 Å². The fraction of sp³-hybridized carbons (Fsp3) is 0.0625. The molecule has 46 heavy (non-hydrogen) atoms. The van der Waals surface area contributed by atoms with Gasteiger partial charge in [0.15, 0.2) is 5.15 Å². The summed E-state index contributed by atoms with van der Waals surface area (Å²) in [6.45, 7) is 0.416. The van der Waals surface area contributed by atoms with Gasteiger partial charge in [0.1, 0.15) is 35.8 Å². The van der Waals surface area contributed by atoms with Crippen molar-refractivity contribution in [2.45, 2.75) is 6.61 Å². The van der Waals surface area contributed by atoms with Crippen LogP contribution < -0.4 is 15.0 Å². The van der Waals surface area contributed by atoms with Gasteiger partial charge in [0, 0.05) is 24.8 Å². The molecule has 226 valence electrons. The zero-order chi connectivity index (χ0) is 32.3. The van der Waals surface area contributed by atoms with Crippen molar-refractivity contribution in [2.24, 2.45) is 0 Å². The maximum absolute atomic E-state index is 11.2. The second-order valence-electron chi connectivity index (χ2n) is 9.25. The molecule has 0 atom stereocenters. The fourth-order valence-corrected chi connectivity index (χ4v) is 4.15. The van der Waals surface area contributed by atoms with Gasteiger partial charge >= 0.3 is 0 Å². The highest BCUT2D eigenvalue weighted by atomic mass is 35.5. The molecule has 0 aliphatic rings. The number of imidazole rings is 2. The lowest BCUT2D eigenvalue weighted by Crippen LogP contribution is -2.06. The molecular formula is C32H23ClN10O3. The first-order valence-electron chi connectivity index (χ1n) is 13.4. The van der Waals surface area contributed by atoms with Gasteiger partial charge in [-0.25, -0.2) is 9.97 Å². The van der Waals surface area contributed by atoms with Gasteiger partial charge in [-0.3, -0.25) is 19.2 Å². The first kappa shape index (κ1) is 30.9. The van der Waals surface area contributed by atoms with E-state index in [0.29, 0.717) is 45.8 Å². The smallest absolute Gasteiger partial charge is 0.266 e. The number of hydrogen-bond acceptors (Lipinski definition) is 10. The van der Waals surface area contributed by atoms with Gasteiger partial charge in [-0.05, 0) is 42.0 Å². The van der Waals surface area contributed by atoms with Gasteiger partial charge in [-0.1, -0.05) is 23.7 Å². The van der Waals surface area contributed by atoms with E-state index in [1.807, 2.05) is 40.9 Å². The number of nitriles is 2. The monoisotopic (exact) mass is 630 g/mol. The largest absolute Gasteiger partial charge is 0.497 e. The van der Waals surface area contributed by atoms with Gasteiger partial charge in [-0.15, -0.1) is 0 Å². The summed E-state index contributed by atoms with van der Waals surface area (Å²) in [4.78, 5) is 33.9. The van der Waals surface area contributed by atoms with E-state index in [9.17, 15) is 4.79 Å². The molecule has 1 N–H and O–H groups in total. The Morgan fingerprint density at radius 2 is 1.61 bits per heavy atom. The van der Waals surface area contributed by atoms with Gasteiger partial charge in [0.05, 0.1) is 60.6 Å². The second-order valence-corrected chi connectivity index (χ2v) is 9.64. The average molecular weight is 631 g/mol. The lowest BCUT2D eigenvalue weighted by Gasteiger charge is -2.05. The summed E-state index contributed by atoms with van der Waals surface area (Å²) in [5, 5.41) is 17.8. The normalized spacial score (nSPS) is 10.1. The summed E-state index contributed by atoms with van der Waals surface area (Å²) in [6, 6.07) is 18.7. The Morgan fingerprint density at radius 3 is 2.33 bits per heavy atom. The third-order valence-electron chi connectivity index (χ3n) is 6.21. The van der Waals surface area contributed by atoms with Crippen LogP contribution in [0.15, 0.2) is 109 Å². The summed E-state index contributed by atoms with van der Waals surface area (Å²) in [7, 11) is 1.63. The molecule has 1 aromatic carbocycles. The average Bonchev–Trinajstić information content (AvgIpc) is 3.75. The molecule has 0 aliphatic heterocycles. The van der Waals surface area contributed by atoms with Crippen LogP contribution in [0.4, 0.5) is 0 Å². The Labute approximate surface area is 266 Å². The molecule has 0 saturated carbocycles. The molecule has 6 heterocycles. The van der Waals surface area contributed by atoms with Crippen molar-refractivity contribution < 1.29 is 9.47 Å². The van der Waals surface area contributed by atoms with Crippen molar-refractivity contribution in [3.8, 4) is 35.2 Å². The number of nitrogens with one attached hydrogen (secondary N) is 1. The summed E-state index contributed by atoms with van der Waals surface area (Å²) in [5.74, 6) is 1.23. The number of benzene rings is 1. The van der Waals surface area contributed by atoms with E-state index >= 15 is 0 Å². The van der Waals surface area contributed by atoms with E-state index in [0.717, 1.165) is 17.0 Å². The highest BCUT2D eigenvalue weighted by Crippen LogP contribution is 2.18. The molecule has 0 fully saturated rings. The second kappa shape index (κ2) is 14.7. The third kappa shape index (κ3) is 7.87. The maximum atomic E-state index is 11.2. The molecule has 0 radical (unpaired) electrons. The summed E-state index contributed by atoms with van der Waals surface area (Å²) in [5.41, 5.74) is 4.73. The number of methoxy groups -OCH3 is 1. The highest BCUT2D eigenvalue weighted by Gasteiger charge is 2.07. The minimum atomic E-state index is -0.279. The zero-order valence-corrected chi connectivity index (χ0v) is 24.9. The number of rotatable bonds is 5. The van der Waals surface area contributed by atoms with Crippen LogP contribution >= 0.6 is 11.6 Å². The molecule has 0 aliphatic carbocycles. The van der Waals surface area contributed by atoms with Crippen LogP contribution in [0.2, 0.25) is 5.15 Å². The number of pyridine rings is 2. The Hall–Kier alpha value is -6.57. The predicted molar refractivity (Wildman–Crippen MR) is 168 cm³/mol. The van der Waals surface area contributed by atoms with Gasteiger partial charge in [-0.2, -0.15) is 15.5 Å². The van der Waals surface area contributed by atoms with Gasteiger partial charge < -0.3 is 18.9 Å². The fourth-order valence-electron chi connectivity index (χ4n) is 4.01. The van der Waals surface area contributed by atoms with Crippen molar-refractivity contribution in [2.75, 3.05) is 7.11 Å². The molecular weight excluding hydrogens is 608 g/mol. The maximum Gasteiger partial charge on any atom is 0.266 e. The molecule has 7 rings (SSSR count). The molecule has 0 unspecified atom stereocenters. The molecule has 7 aromatic rings. The Balaban J connectivity index is 0.000000140. The number of hydrogen-bond donors (Lipinski definition) is 1. The van der Waals surface area contributed by atoms with Gasteiger partial charge in [0.2, 0.25) is 5.88 Å². The quantitative estimate of drug-likeness (QED) is 0.276. The van der Waals surface area contributed by atoms with Crippen molar-refractivity contribution in [1.29, 1.82) is 10.5 Å². The van der Waals surface area contributed by atoms with E-state index in [2.05, 4.69) is 42.0 Å². The van der Waals surface area contributed by atoms with Crippen molar-refractivity contribution >= 4 is 22.9 Å². The number of H-pyrrole nitrogens is 1. The number of fused-ring (bicyclic) bond motifs is 2. The number of halogens is 1. The predicted octanol–water partition coefficient (Wildman–Crippen LogP) is 4.88. The van der Waals surface area contributed by atoms with Gasteiger partial charge in [0.25, 0.3) is 5.56 Å². The number of aromatic amines is 1. The standard InChI is InChI=1S/C12H11ClN2O2.C12H7N5O.C8H5N3/c1-16-10-4-2-9(3-5-10)8-17-12-7-14-6-11(13)15-12;13-3-8-1-2-11-15-5-10(17(11)7-8)9-4-14-6-12(18)16-9;9-5-7-1-2-8-10-3-4-11(8)6-7/h2-7H,8H2,1H3;1-2,4-7H,(H,16,18);1-4,6H. The minimum absolute atomic E-state index is 0.279. The summed E-state index contributed by atoms with van der Waals surface area (Å²) < 4.78 is 14.1. The Kier molecular flexibility index (Phi) is 9.90. The molecule has 13 nitrogen and oxygen atoms in total. The van der Waals surface area contributed by atoms with E-state index < -0.39 is 0 Å². The highest BCUT2D eigenvalue weighted by molar-refractivity contribution is 6.29. The SMILES string of the molecule is COc1ccc(COc2cncc(Cl)n2)cc1.N#Cc1ccc2ncc(-c3cncc(=O)[nH]3)n2c1.N#Cc1ccc2nccn2c1. The van der Waals surface area contributed by atoms with E-state index in [4.69, 9.17) is 31.6 Å². The summed E-state index contributed by atoms with van der Waals surface area (Å²) in [6.07, 6.45) is 14.3. The molecule has 6 aromatic heterocycles. The molecule has 0 saturated heterocycles.